The van der Waals surface area contributed by atoms with E-state index in [-0.39, 0.29) is 5.69 Å². The maximum atomic E-state index is 13.2. The van der Waals surface area contributed by atoms with Crippen LogP contribution in [0.15, 0.2) is 30.6 Å². The molecule has 0 atom stereocenters. The van der Waals surface area contributed by atoms with Gasteiger partial charge in [0.25, 0.3) is 5.91 Å². The Balaban J connectivity index is 2.19. The van der Waals surface area contributed by atoms with E-state index < -0.39 is 22.3 Å². The van der Waals surface area contributed by atoms with Crippen molar-refractivity contribution in [2.75, 3.05) is 5.32 Å². The van der Waals surface area contributed by atoms with E-state index in [1.165, 1.54) is 12.3 Å². The number of carbonyl (C=O) groups is 1. The summed E-state index contributed by atoms with van der Waals surface area (Å²) in [5, 5.41) is 17.0. The molecule has 0 aliphatic rings. The van der Waals surface area contributed by atoms with Gasteiger partial charge in [-0.05, 0) is 19.1 Å². The molecule has 0 spiro atoms. The summed E-state index contributed by atoms with van der Waals surface area (Å²) in [5.74, 6) is -1.42. The molecule has 1 N–H and O–H groups in total. The average Bonchev–Trinajstić information content (AvgIpc) is 2.89. The van der Waals surface area contributed by atoms with Crippen LogP contribution in [0.2, 0.25) is 0 Å². The molecule has 0 radical (unpaired) electrons. The van der Waals surface area contributed by atoms with Crippen molar-refractivity contribution in [1.82, 2.24) is 9.78 Å². The maximum Gasteiger partial charge on any atom is 0.306 e. The van der Waals surface area contributed by atoms with Crippen molar-refractivity contribution in [3.8, 4) is 0 Å². The topological polar surface area (TPSA) is 90.1 Å². The number of carbonyl (C=O) groups excluding carboxylic acids is 1. The number of nitro groups is 1. The quantitative estimate of drug-likeness (QED) is 0.685. The Kier molecular flexibility index (Phi) is 3.74. The SMILES string of the molecule is CCn1cc(C(=O)Nc2ccc(F)c([N+](=O)[O-])c2)cn1. The van der Waals surface area contributed by atoms with E-state index in [0.29, 0.717) is 12.1 Å². The molecule has 0 saturated heterocycles. The number of benzene rings is 1. The molecule has 0 aliphatic heterocycles. The van der Waals surface area contributed by atoms with Gasteiger partial charge in [0.05, 0.1) is 16.7 Å². The molecular weight excluding hydrogens is 267 g/mol. The molecule has 104 valence electrons. The minimum absolute atomic E-state index is 0.146. The third-order valence-corrected chi connectivity index (χ3v) is 2.62. The second-order valence-corrected chi connectivity index (χ2v) is 3.96. The first-order chi connectivity index (χ1) is 9.51. The van der Waals surface area contributed by atoms with Gasteiger partial charge in [-0.2, -0.15) is 9.49 Å². The number of aromatic nitrogens is 2. The zero-order chi connectivity index (χ0) is 14.7. The Hall–Kier alpha value is -2.77. The Morgan fingerprint density at radius 1 is 1.55 bits per heavy atom. The summed E-state index contributed by atoms with van der Waals surface area (Å²) in [4.78, 5) is 21.6. The van der Waals surface area contributed by atoms with Crippen molar-refractivity contribution in [1.29, 1.82) is 0 Å². The number of nitro benzene ring substituents is 1. The summed E-state index contributed by atoms with van der Waals surface area (Å²) in [7, 11) is 0. The monoisotopic (exact) mass is 278 g/mol. The van der Waals surface area contributed by atoms with Gasteiger partial charge in [-0.1, -0.05) is 0 Å². The van der Waals surface area contributed by atoms with E-state index >= 15 is 0 Å². The van der Waals surface area contributed by atoms with Crippen LogP contribution in [0.5, 0.6) is 0 Å². The zero-order valence-corrected chi connectivity index (χ0v) is 10.5. The highest BCUT2D eigenvalue weighted by atomic mass is 19.1. The van der Waals surface area contributed by atoms with Crippen molar-refractivity contribution in [3.63, 3.8) is 0 Å². The smallest absolute Gasteiger partial charge is 0.306 e. The van der Waals surface area contributed by atoms with E-state index in [1.807, 2.05) is 6.92 Å². The van der Waals surface area contributed by atoms with Crippen molar-refractivity contribution < 1.29 is 14.1 Å². The minimum Gasteiger partial charge on any atom is -0.322 e. The Labute approximate surface area is 113 Å². The van der Waals surface area contributed by atoms with Gasteiger partial charge < -0.3 is 5.32 Å². The summed E-state index contributed by atoms with van der Waals surface area (Å²) in [6.45, 7) is 2.49. The van der Waals surface area contributed by atoms with Crippen molar-refractivity contribution in [2.24, 2.45) is 0 Å². The standard InChI is InChI=1S/C12H11FN4O3/c1-2-16-7-8(6-14-16)12(18)15-9-3-4-10(13)11(5-9)17(19)20/h3-7H,2H2,1H3,(H,15,18). The third-order valence-electron chi connectivity index (χ3n) is 2.62. The highest BCUT2D eigenvalue weighted by molar-refractivity contribution is 6.04. The lowest BCUT2D eigenvalue weighted by atomic mass is 10.2. The number of hydrogen-bond donors (Lipinski definition) is 1. The molecule has 20 heavy (non-hydrogen) atoms. The van der Waals surface area contributed by atoms with Gasteiger partial charge in [-0.15, -0.1) is 0 Å². The van der Waals surface area contributed by atoms with Gasteiger partial charge in [-0.3, -0.25) is 19.6 Å². The van der Waals surface area contributed by atoms with Gasteiger partial charge in [0.2, 0.25) is 5.82 Å². The lowest BCUT2D eigenvalue weighted by Gasteiger charge is -2.03. The maximum absolute atomic E-state index is 13.2. The molecule has 0 fully saturated rings. The average molecular weight is 278 g/mol. The zero-order valence-electron chi connectivity index (χ0n) is 10.5. The van der Waals surface area contributed by atoms with Gasteiger partial charge in [0, 0.05) is 24.5 Å². The third kappa shape index (κ3) is 2.79. The molecular formula is C12H11FN4O3. The van der Waals surface area contributed by atoms with Crippen LogP contribution < -0.4 is 5.32 Å². The fraction of sp³-hybridized carbons (Fsp3) is 0.167. The number of rotatable bonds is 4. The number of amides is 1. The molecule has 1 amide bonds. The van der Waals surface area contributed by atoms with Crippen molar-refractivity contribution in [2.45, 2.75) is 13.5 Å². The Morgan fingerprint density at radius 3 is 2.90 bits per heavy atom. The molecule has 0 aliphatic carbocycles. The van der Waals surface area contributed by atoms with Gasteiger partial charge in [-0.25, -0.2) is 0 Å². The Morgan fingerprint density at radius 2 is 2.30 bits per heavy atom. The molecule has 0 saturated carbocycles. The molecule has 1 aromatic heterocycles. The van der Waals surface area contributed by atoms with Crippen LogP contribution in [0, 0.1) is 15.9 Å². The van der Waals surface area contributed by atoms with Crippen molar-refractivity contribution in [3.05, 3.63) is 52.1 Å². The minimum atomic E-state index is -0.952. The van der Waals surface area contributed by atoms with Crippen LogP contribution in [-0.4, -0.2) is 20.6 Å². The largest absolute Gasteiger partial charge is 0.322 e. The first-order valence-corrected chi connectivity index (χ1v) is 5.79. The van der Waals surface area contributed by atoms with E-state index in [4.69, 9.17) is 0 Å². The number of aryl methyl sites for hydroxylation is 1. The lowest BCUT2D eigenvalue weighted by Crippen LogP contribution is -2.11. The first-order valence-electron chi connectivity index (χ1n) is 5.79. The Bertz CT molecular complexity index is 668. The first kappa shape index (κ1) is 13.7. The van der Waals surface area contributed by atoms with Gasteiger partial charge >= 0.3 is 5.69 Å². The predicted octanol–water partition coefficient (Wildman–Crippen LogP) is 2.20. The predicted molar refractivity (Wildman–Crippen MR) is 68.9 cm³/mol. The van der Waals surface area contributed by atoms with Crippen LogP contribution in [0.3, 0.4) is 0 Å². The second kappa shape index (κ2) is 5.47. The number of hydrogen-bond acceptors (Lipinski definition) is 4. The normalized spacial score (nSPS) is 10.3. The van der Waals surface area contributed by atoms with Gasteiger partial charge in [0.15, 0.2) is 0 Å². The van der Waals surface area contributed by atoms with E-state index in [9.17, 15) is 19.3 Å². The number of nitrogens with zero attached hydrogens (tertiary/aromatic N) is 3. The fourth-order valence-corrected chi connectivity index (χ4v) is 1.59. The summed E-state index contributed by atoms with van der Waals surface area (Å²) < 4.78 is 14.7. The number of nitrogens with one attached hydrogen (secondary N) is 1. The molecule has 7 nitrogen and oxygen atoms in total. The van der Waals surface area contributed by atoms with Gasteiger partial charge in [0.1, 0.15) is 0 Å². The summed E-state index contributed by atoms with van der Waals surface area (Å²) in [6.07, 6.45) is 2.93. The molecule has 8 heteroatoms. The molecule has 1 heterocycles. The van der Waals surface area contributed by atoms with Crippen molar-refractivity contribution >= 4 is 17.3 Å². The van der Waals surface area contributed by atoms with Crippen LogP contribution in [0.25, 0.3) is 0 Å². The second-order valence-electron chi connectivity index (χ2n) is 3.96. The fourth-order valence-electron chi connectivity index (χ4n) is 1.59. The number of halogens is 1. The van der Waals surface area contributed by atoms with Crippen LogP contribution in [0.1, 0.15) is 17.3 Å². The lowest BCUT2D eigenvalue weighted by molar-refractivity contribution is -0.387. The molecule has 0 unspecified atom stereocenters. The summed E-state index contributed by atoms with van der Waals surface area (Å²) in [5.41, 5.74) is -0.224. The van der Waals surface area contributed by atoms with Crippen LogP contribution in [-0.2, 0) is 6.54 Å². The molecule has 1 aromatic carbocycles. The summed E-state index contributed by atoms with van der Waals surface area (Å²) in [6, 6.07) is 3.16. The van der Waals surface area contributed by atoms with Crippen LogP contribution in [0.4, 0.5) is 15.8 Å². The number of anilines is 1. The van der Waals surface area contributed by atoms with E-state index in [0.717, 1.165) is 12.1 Å². The molecule has 2 aromatic rings. The summed E-state index contributed by atoms with van der Waals surface area (Å²) >= 11 is 0. The van der Waals surface area contributed by atoms with E-state index in [1.54, 1.807) is 10.9 Å². The highest BCUT2D eigenvalue weighted by Gasteiger charge is 2.16. The molecule has 2 rings (SSSR count). The molecule has 0 bridgehead atoms. The van der Waals surface area contributed by atoms with E-state index in [2.05, 4.69) is 10.4 Å². The highest BCUT2D eigenvalue weighted by Crippen LogP contribution is 2.22. The van der Waals surface area contributed by atoms with Crippen LogP contribution >= 0.6 is 0 Å².